The molecule has 0 bridgehead atoms. The lowest BCUT2D eigenvalue weighted by atomic mass is 10.0. The Hall–Kier alpha value is -3.22. The van der Waals surface area contributed by atoms with Crippen molar-refractivity contribution < 1.29 is 29.2 Å². The van der Waals surface area contributed by atoms with Gasteiger partial charge in [-0.2, -0.15) is 0 Å². The molecule has 1 fully saturated rings. The molecule has 2 heterocycles. The van der Waals surface area contributed by atoms with Gasteiger partial charge in [0, 0.05) is 29.6 Å². The van der Waals surface area contributed by atoms with Crippen molar-refractivity contribution in [1.29, 1.82) is 0 Å². The van der Waals surface area contributed by atoms with Gasteiger partial charge in [0.2, 0.25) is 0 Å². The first-order chi connectivity index (χ1) is 16.0. The Bertz CT molecular complexity index is 1150. The van der Waals surface area contributed by atoms with E-state index in [1.54, 1.807) is 60.3 Å². The third-order valence-corrected chi connectivity index (χ3v) is 5.39. The molecule has 0 spiro atoms. The van der Waals surface area contributed by atoms with Crippen LogP contribution in [0.25, 0.3) is 11.1 Å². The van der Waals surface area contributed by atoms with Crippen LogP contribution >= 0.6 is 0 Å². The fourth-order valence-electron chi connectivity index (χ4n) is 3.63. The first-order valence-electron chi connectivity index (χ1n) is 10.6. The molecule has 1 aromatic heterocycles. The molecule has 0 saturated carbocycles. The summed E-state index contributed by atoms with van der Waals surface area (Å²) in [7, 11) is 0. The molecule has 2 aromatic carbocycles. The number of imidazole rings is 1. The van der Waals surface area contributed by atoms with Crippen molar-refractivity contribution in [3.8, 4) is 28.7 Å². The molecular weight excluding hydrogens is 427 g/mol. The SMILES string of the molecule is CC(O)c1nccn1C(C#Cc1ccc(-c2ccc(OC3COCC3O)cc2F)cc1)CO. The highest BCUT2D eigenvalue weighted by atomic mass is 19.1. The Morgan fingerprint density at radius 3 is 2.67 bits per heavy atom. The second-order valence-electron chi connectivity index (χ2n) is 7.82. The monoisotopic (exact) mass is 452 g/mol. The van der Waals surface area contributed by atoms with Crippen LogP contribution in [0.3, 0.4) is 0 Å². The number of nitrogens with zero attached hydrogens (tertiary/aromatic N) is 2. The standard InChI is InChI=1S/C25H25FN2O5/c1-16(30)25-27-10-11-28(25)19(13-29)7-4-17-2-5-18(6-3-17)21-9-8-20(12-22(21)26)33-24-15-32-14-23(24)31/h2-3,5-6,8-12,16,19,23-24,29-31H,13-15H2,1H3. The number of benzene rings is 2. The molecule has 33 heavy (non-hydrogen) atoms. The highest BCUT2D eigenvalue weighted by molar-refractivity contribution is 5.66. The average Bonchev–Trinajstić information content (AvgIpc) is 3.45. The number of hydrogen-bond donors (Lipinski definition) is 3. The largest absolute Gasteiger partial charge is 0.485 e. The van der Waals surface area contributed by atoms with Gasteiger partial charge in [0.25, 0.3) is 0 Å². The number of halogens is 1. The zero-order valence-corrected chi connectivity index (χ0v) is 18.1. The van der Waals surface area contributed by atoms with E-state index in [9.17, 15) is 19.7 Å². The van der Waals surface area contributed by atoms with Crippen LogP contribution < -0.4 is 4.74 Å². The Morgan fingerprint density at radius 1 is 1.24 bits per heavy atom. The van der Waals surface area contributed by atoms with E-state index in [1.807, 2.05) is 0 Å². The Kier molecular flexibility index (Phi) is 7.06. The number of ether oxygens (including phenoxy) is 2. The normalized spacial score (nSPS) is 19.5. The van der Waals surface area contributed by atoms with Gasteiger partial charge in [-0.3, -0.25) is 0 Å². The summed E-state index contributed by atoms with van der Waals surface area (Å²) in [5, 5.41) is 29.3. The van der Waals surface area contributed by atoms with E-state index >= 15 is 0 Å². The van der Waals surface area contributed by atoms with Crippen molar-refractivity contribution in [2.75, 3.05) is 19.8 Å². The summed E-state index contributed by atoms with van der Waals surface area (Å²) in [6, 6.07) is 11.1. The van der Waals surface area contributed by atoms with Crippen LogP contribution in [-0.2, 0) is 4.74 Å². The van der Waals surface area contributed by atoms with E-state index in [0.717, 1.165) is 0 Å². The van der Waals surface area contributed by atoms with Crippen LogP contribution in [0.15, 0.2) is 54.9 Å². The fourth-order valence-corrected chi connectivity index (χ4v) is 3.63. The van der Waals surface area contributed by atoms with E-state index in [0.29, 0.717) is 28.3 Å². The van der Waals surface area contributed by atoms with Gasteiger partial charge in [0.1, 0.15) is 41.7 Å². The highest BCUT2D eigenvalue weighted by Gasteiger charge is 2.28. The second-order valence-corrected chi connectivity index (χ2v) is 7.82. The molecule has 4 unspecified atom stereocenters. The number of aromatic nitrogens is 2. The summed E-state index contributed by atoms with van der Waals surface area (Å²) < 4.78 is 27.1. The Morgan fingerprint density at radius 2 is 2.03 bits per heavy atom. The third-order valence-electron chi connectivity index (χ3n) is 5.39. The maximum Gasteiger partial charge on any atom is 0.150 e. The molecule has 4 atom stereocenters. The van der Waals surface area contributed by atoms with Crippen molar-refractivity contribution in [1.82, 2.24) is 9.55 Å². The lowest BCUT2D eigenvalue weighted by molar-refractivity contribution is 0.0731. The van der Waals surface area contributed by atoms with Crippen molar-refractivity contribution >= 4 is 0 Å². The number of rotatable bonds is 6. The van der Waals surface area contributed by atoms with Crippen LogP contribution in [0.2, 0.25) is 0 Å². The molecule has 1 aliphatic rings. The number of hydrogen-bond acceptors (Lipinski definition) is 6. The predicted octanol–water partition coefficient (Wildman–Crippen LogP) is 2.47. The molecule has 7 nitrogen and oxygen atoms in total. The van der Waals surface area contributed by atoms with Crippen LogP contribution in [-0.4, -0.2) is 56.9 Å². The summed E-state index contributed by atoms with van der Waals surface area (Å²) in [4.78, 5) is 4.10. The van der Waals surface area contributed by atoms with E-state index in [-0.39, 0.29) is 19.8 Å². The van der Waals surface area contributed by atoms with Crippen molar-refractivity contribution in [3.05, 3.63) is 72.1 Å². The minimum absolute atomic E-state index is 0.212. The lowest BCUT2D eigenvalue weighted by Crippen LogP contribution is -2.29. The van der Waals surface area contributed by atoms with E-state index < -0.39 is 30.2 Å². The van der Waals surface area contributed by atoms with Gasteiger partial charge < -0.3 is 29.4 Å². The zero-order chi connectivity index (χ0) is 23.4. The van der Waals surface area contributed by atoms with Gasteiger partial charge in [-0.25, -0.2) is 9.37 Å². The predicted molar refractivity (Wildman–Crippen MR) is 119 cm³/mol. The molecule has 0 aliphatic carbocycles. The Labute approximate surface area is 191 Å². The van der Waals surface area contributed by atoms with Gasteiger partial charge >= 0.3 is 0 Å². The molecule has 172 valence electrons. The maximum absolute atomic E-state index is 14.7. The van der Waals surface area contributed by atoms with E-state index in [4.69, 9.17) is 9.47 Å². The van der Waals surface area contributed by atoms with Crippen LogP contribution in [0.5, 0.6) is 5.75 Å². The molecular formula is C25H25FN2O5. The highest BCUT2D eigenvalue weighted by Crippen LogP contribution is 2.28. The number of aliphatic hydroxyl groups excluding tert-OH is 3. The molecule has 1 saturated heterocycles. The van der Waals surface area contributed by atoms with E-state index in [1.165, 1.54) is 6.07 Å². The zero-order valence-electron chi connectivity index (χ0n) is 18.1. The molecule has 3 aromatic rings. The Balaban J connectivity index is 1.48. The van der Waals surface area contributed by atoms with Gasteiger partial charge in [-0.05, 0) is 36.8 Å². The van der Waals surface area contributed by atoms with Gasteiger partial charge in [-0.15, -0.1) is 0 Å². The van der Waals surface area contributed by atoms with Crippen molar-refractivity contribution in [2.24, 2.45) is 0 Å². The molecule has 8 heteroatoms. The third kappa shape index (κ3) is 5.24. The first-order valence-corrected chi connectivity index (χ1v) is 10.6. The van der Waals surface area contributed by atoms with Crippen LogP contribution in [0, 0.1) is 17.7 Å². The molecule has 1 aliphatic heterocycles. The van der Waals surface area contributed by atoms with Gasteiger partial charge in [-0.1, -0.05) is 24.0 Å². The van der Waals surface area contributed by atoms with E-state index in [2.05, 4.69) is 16.8 Å². The van der Waals surface area contributed by atoms with Crippen LogP contribution in [0.4, 0.5) is 4.39 Å². The maximum atomic E-state index is 14.7. The summed E-state index contributed by atoms with van der Waals surface area (Å²) in [5.74, 6) is 6.32. The molecule has 0 radical (unpaired) electrons. The van der Waals surface area contributed by atoms with Gasteiger partial charge in [0.05, 0.1) is 19.8 Å². The average molecular weight is 452 g/mol. The summed E-state index contributed by atoms with van der Waals surface area (Å²) in [6.07, 6.45) is 1.21. The smallest absolute Gasteiger partial charge is 0.150 e. The quantitative estimate of drug-likeness (QED) is 0.498. The van der Waals surface area contributed by atoms with Crippen molar-refractivity contribution in [2.45, 2.75) is 31.3 Å². The summed E-state index contributed by atoms with van der Waals surface area (Å²) in [5.41, 5.74) is 1.79. The minimum Gasteiger partial charge on any atom is -0.485 e. The molecule has 0 amide bonds. The van der Waals surface area contributed by atoms with Crippen LogP contribution in [0.1, 0.15) is 30.5 Å². The van der Waals surface area contributed by atoms with Crippen molar-refractivity contribution in [3.63, 3.8) is 0 Å². The van der Waals surface area contributed by atoms with Gasteiger partial charge in [0.15, 0.2) is 0 Å². The minimum atomic E-state index is -0.779. The fraction of sp³-hybridized carbons (Fsp3) is 0.320. The lowest BCUT2D eigenvalue weighted by Gasteiger charge is -2.16. The topological polar surface area (TPSA) is 97.0 Å². The molecule has 4 rings (SSSR count). The first kappa shape index (κ1) is 23.0. The summed E-state index contributed by atoms with van der Waals surface area (Å²) in [6.45, 7) is 1.85. The number of aliphatic hydroxyl groups is 3. The summed E-state index contributed by atoms with van der Waals surface area (Å²) >= 11 is 0. The second kappa shape index (κ2) is 10.1. The molecule has 3 N–H and O–H groups in total.